The molecule has 5 nitrogen and oxygen atoms in total. The van der Waals surface area contributed by atoms with Crippen molar-refractivity contribution in [3.63, 3.8) is 0 Å². The fraction of sp³-hybridized carbons (Fsp3) is 0.722. The number of hydrogen-bond donors (Lipinski definition) is 2. The third-order valence-corrected chi connectivity index (χ3v) is 5.32. The van der Waals surface area contributed by atoms with Gasteiger partial charge in [0.15, 0.2) is 5.96 Å². The second-order valence-electron chi connectivity index (χ2n) is 7.08. The van der Waals surface area contributed by atoms with Gasteiger partial charge in [0.05, 0.1) is 6.54 Å². The molecule has 1 aromatic rings. The molecule has 0 spiro atoms. The van der Waals surface area contributed by atoms with Gasteiger partial charge in [0.25, 0.3) is 0 Å². The van der Waals surface area contributed by atoms with Gasteiger partial charge in [-0.05, 0) is 37.3 Å². The van der Waals surface area contributed by atoms with Crippen LogP contribution in [0.5, 0.6) is 0 Å². The van der Waals surface area contributed by atoms with Crippen molar-refractivity contribution in [1.29, 1.82) is 0 Å². The maximum Gasteiger partial charge on any atom is 0.191 e. The molecule has 1 saturated heterocycles. The van der Waals surface area contributed by atoms with E-state index in [-0.39, 0.29) is 0 Å². The Morgan fingerprint density at radius 3 is 2.83 bits per heavy atom. The molecule has 0 aromatic carbocycles. The highest BCUT2D eigenvalue weighted by molar-refractivity contribution is 5.79. The van der Waals surface area contributed by atoms with E-state index in [0.29, 0.717) is 6.04 Å². The summed E-state index contributed by atoms with van der Waals surface area (Å²) < 4.78 is 2.14. The summed E-state index contributed by atoms with van der Waals surface area (Å²) in [6, 6.07) is 4.74. The van der Waals surface area contributed by atoms with Gasteiger partial charge in [-0.1, -0.05) is 12.8 Å². The van der Waals surface area contributed by atoms with E-state index in [1.807, 2.05) is 7.05 Å². The molecule has 23 heavy (non-hydrogen) atoms. The van der Waals surface area contributed by atoms with E-state index >= 15 is 0 Å². The number of aryl methyl sites for hydroxylation is 1. The minimum absolute atomic E-state index is 0.524. The molecule has 1 saturated carbocycles. The second kappa shape index (κ2) is 7.86. The maximum atomic E-state index is 4.38. The largest absolute Gasteiger partial charge is 0.353 e. The molecule has 0 amide bonds. The minimum Gasteiger partial charge on any atom is -0.353 e. The summed E-state index contributed by atoms with van der Waals surface area (Å²) in [5.41, 5.74) is 1.27. The molecule has 5 heteroatoms. The molecule has 0 radical (unpaired) electrons. The molecule has 2 heterocycles. The van der Waals surface area contributed by atoms with Crippen molar-refractivity contribution in [1.82, 2.24) is 20.1 Å². The smallest absolute Gasteiger partial charge is 0.191 e. The molecule has 1 aromatic heterocycles. The number of aromatic nitrogens is 1. The SMILES string of the molecule is CN=C(NCc1cccn1C)NC1CCN(CC2CCCC2)C1. The molecular formula is C18H31N5. The number of nitrogens with one attached hydrogen (secondary N) is 2. The number of rotatable bonds is 5. The summed E-state index contributed by atoms with van der Waals surface area (Å²) in [4.78, 5) is 7.01. The van der Waals surface area contributed by atoms with Crippen LogP contribution in [0.2, 0.25) is 0 Å². The fourth-order valence-corrected chi connectivity index (χ4v) is 3.92. The third-order valence-electron chi connectivity index (χ3n) is 5.32. The van der Waals surface area contributed by atoms with Crippen molar-refractivity contribution in [3.8, 4) is 0 Å². The zero-order valence-corrected chi connectivity index (χ0v) is 14.6. The Kier molecular flexibility index (Phi) is 5.60. The predicted molar refractivity (Wildman–Crippen MR) is 95.6 cm³/mol. The van der Waals surface area contributed by atoms with E-state index in [4.69, 9.17) is 0 Å². The lowest BCUT2D eigenvalue weighted by Gasteiger charge is -2.21. The Morgan fingerprint density at radius 1 is 1.30 bits per heavy atom. The van der Waals surface area contributed by atoms with Gasteiger partial charge in [-0.25, -0.2) is 0 Å². The minimum atomic E-state index is 0.524. The number of likely N-dealkylation sites (tertiary alicyclic amines) is 1. The molecule has 128 valence electrons. The van der Waals surface area contributed by atoms with E-state index in [9.17, 15) is 0 Å². The summed E-state index contributed by atoms with van der Waals surface area (Å²) in [5, 5.41) is 7.02. The van der Waals surface area contributed by atoms with Crippen LogP contribution in [0.15, 0.2) is 23.3 Å². The fourth-order valence-electron chi connectivity index (χ4n) is 3.92. The molecule has 3 rings (SSSR count). The van der Waals surface area contributed by atoms with Crippen LogP contribution < -0.4 is 10.6 Å². The lowest BCUT2D eigenvalue weighted by Crippen LogP contribution is -2.44. The van der Waals surface area contributed by atoms with Gasteiger partial charge in [-0.3, -0.25) is 4.99 Å². The van der Waals surface area contributed by atoms with Crippen LogP contribution in [0.4, 0.5) is 0 Å². The number of hydrogen-bond acceptors (Lipinski definition) is 2. The molecule has 1 unspecified atom stereocenters. The van der Waals surface area contributed by atoms with Gasteiger partial charge in [0.1, 0.15) is 0 Å². The van der Waals surface area contributed by atoms with E-state index in [1.165, 1.54) is 50.9 Å². The molecular weight excluding hydrogens is 286 g/mol. The number of aliphatic imine (C=N–C) groups is 1. The van der Waals surface area contributed by atoms with Gasteiger partial charge < -0.3 is 20.1 Å². The average Bonchev–Trinajstić information content (AvgIpc) is 3.28. The Bertz CT molecular complexity index is 515. The predicted octanol–water partition coefficient (Wildman–Crippen LogP) is 1.95. The maximum absolute atomic E-state index is 4.38. The first-order chi connectivity index (χ1) is 11.2. The molecule has 1 atom stereocenters. The normalized spacial score (nSPS) is 23.6. The first-order valence-corrected chi connectivity index (χ1v) is 9.04. The van der Waals surface area contributed by atoms with Crippen LogP contribution in [0.3, 0.4) is 0 Å². The summed E-state index contributed by atoms with van der Waals surface area (Å²) >= 11 is 0. The zero-order chi connectivity index (χ0) is 16.1. The van der Waals surface area contributed by atoms with Crippen LogP contribution in [0.25, 0.3) is 0 Å². The van der Waals surface area contributed by atoms with Crippen molar-refractivity contribution in [3.05, 3.63) is 24.0 Å². The standard InChI is InChI=1S/C18H31N5/c1-19-18(20-12-17-8-5-10-22(17)2)21-16-9-11-23(14-16)13-15-6-3-4-7-15/h5,8,10,15-16H,3-4,6-7,9,11-14H2,1-2H3,(H2,19,20,21). The second-order valence-corrected chi connectivity index (χ2v) is 7.08. The molecule has 1 aliphatic heterocycles. The van der Waals surface area contributed by atoms with Gasteiger partial charge in [0.2, 0.25) is 0 Å². The van der Waals surface area contributed by atoms with E-state index in [0.717, 1.165) is 25.0 Å². The van der Waals surface area contributed by atoms with Crippen molar-refractivity contribution in [2.24, 2.45) is 18.0 Å². The molecule has 2 fully saturated rings. The average molecular weight is 317 g/mol. The summed E-state index contributed by atoms with van der Waals surface area (Å²) in [7, 11) is 3.93. The highest BCUT2D eigenvalue weighted by Gasteiger charge is 2.26. The van der Waals surface area contributed by atoms with Crippen molar-refractivity contribution in [2.45, 2.75) is 44.7 Å². The summed E-state index contributed by atoms with van der Waals surface area (Å²) in [6.07, 6.45) is 9.05. The van der Waals surface area contributed by atoms with Crippen LogP contribution in [-0.4, -0.2) is 48.2 Å². The Labute approximate surface area is 140 Å². The molecule has 0 bridgehead atoms. The highest BCUT2D eigenvalue weighted by atomic mass is 15.2. The molecule has 2 aliphatic rings. The Balaban J connectivity index is 1.41. The van der Waals surface area contributed by atoms with Gasteiger partial charge in [-0.15, -0.1) is 0 Å². The van der Waals surface area contributed by atoms with Gasteiger partial charge in [0, 0.05) is 51.7 Å². The van der Waals surface area contributed by atoms with Crippen LogP contribution in [-0.2, 0) is 13.6 Å². The topological polar surface area (TPSA) is 44.6 Å². The summed E-state index contributed by atoms with van der Waals surface area (Å²) in [6.45, 7) is 4.49. The Morgan fingerprint density at radius 2 is 2.13 bits per heavy atom. The van der Waals surface area contributed by atoms with Gasteiger partial charge >= 0.3 is 0 Å². The first kappa shape index (κ1) is 16.4. The lowest BCUT2D eigenvalue weighted by atomic mass is 10.1. The number of nitrogens with zero attached hydrogens (tertiary/aromatic N) is 3. The highest BCUT2D eigenvalue weighted by Crippen LogP contribution is 2.26. The molecule has 1 aliphatic carbocycles. The zero-order valence-electron chi connectivity index (χ0n) is 14.6. The monoisotopic (exact) mass is 317 g/mol. The number of guanidine groups is 1. The quantitative estimate of drug-likeness (QED) is 0.644. The Hall–Kier alpha value is -1.49. The van der Waals surface area contributed by atoms with Crippen LogP contribution in [0.1, 0.15) is 37.8 Å². The van der Waals surface area contributed by atoms with Crippen LogP contribution in [0, 0.1) is 5.92 Å². The van der Waals surface area contributed by atoms with E-state index in [2.05, 4.69) is 50.5 Å². The van der Waals surface area contributed by atoms with Gasteiger partial charge in [-0.2, -0.15) is 0 Å². The van der Waals surface area contributed by atoms with E-state index in [1.54, 1.807) is 0 Å². The van der Waals surface area contributed by atoms with Crippen molar-refractivity contribution >= 4 is 5.96 Å². The lowest BCUT2D eigenvalue weighted by molar-refractivity contribution is 0.275. The first-order valence-electron chi connectivity index (χ1n) is 9.04. The van der Waals surface area contributed by atoms with Crippen molar-refractivity contribution in [2.75, 3.05) is 26.7 Å². The molecule has 2 N–H and O–H groups in total. The van der Waals surface area contributed by atoms with Crippen LogP contribution >= 0.6 is 0 Å². The summed E-state index contributed by atoms with van der Waals surface area (Å²) in [5.74, 6) is 1.86. The third kappa shape index (κ3) is 4.50. The van der Waals surface area contributed by atoms with Crippen molar-refractivity contribution < 1.29 is 0 Å². The van der Waals surface area contributed by atoms with E-state index < -0.39 is 0 Å².